The van der Waals surface area contributed by atoms with Crippen molar-refractivity contribution in [1.82, 2.24) is 10.6 Å². The Balaban J connectivity index is 1.63. The van der Waals surface area contributed by atoms with Crippen LogP contribution in [0, 0.1) is 0 Å². The van der Waals surface area contributed by atoms with Gasteiger partial charge in [-0.1, -0.05) is 36.4 Å². The van der Waals surface area contributed by atoms with Crippen LogP contribution in [-0.4, -0.2) is 17.7 Å². The van der Waals surface area contributed by atoms with Crippen LogP contribution in [0.25, 0.3) is 0 Å². The van der Waals surface area contributed by atoms with E-state index in [4.69, 9.17) is 0 Å². The molecule has 5 heteroatoms. The van der Waals surface area contributed by atoms with Crippen LogP contribution in [0.3, 0.4) is 0 Å². The molecule has 0 aliphatic heterocycles. The van der Waals surface area contributed by atoms with E-state index in [0.717, 1.165) is 10.4 Å². The van der Waals surface area contributed by atoms with Crippen LogP contribution in [0.4, 0.5) is 4.79 Å². The van der Waals surface area contributed by atoms with Crippen molar-refractivity contribution in [3.8, 4) is 0 Å². The number of rotatable bonds is 6. The number of aliphatic hydroxyl groups excluding tert-OH is 1. The lowest BCUT2D eigenvalue weighted by molar-refractivity contribution is 0.170. The van der Waals surface area contributed by atoms with E-state index in [0.29, 0.717) is 19.5 Å². The Bertz CT molecular complexity index is 514. The highest BCUT2D eigenvalue weighted by Crippen LogP contribution is 2.20. The Morgan fingerprint density at radius 3 is 2.65 bits per heavy atom. The van der Waals surface area contributed by atoms with E-state index in [1.54, 1.807) is 0 Å². The van der Waals surface area contributed by atoms with Crippen molar-refractivity contribution in [2.75, 3.05) is 6.54 Å². The summed E-state index contributed by atoms with van der Waals surface area (Å²) >= 11 is 1.52. The normalized spacial score (nSPS) is 11.8. The summed E-state index contributed by atoms with van der Waals surface area (Å²) in [6.45, 7) is 0.944. The van der Waals surface area contributed by atoms with Crippen LogP contribution < -0.4 is 10.6 Å². The van der Waals surface area contributed by atoms with Gasteiger partial charge in [-0.3, -0.25) is 0 Å². The number of hydrogen-bond acceptors (Lipinski definition) is 3. The highest BCUT2D eigenvalue weighted by atomic mass is 32.1. The molecule has 0 unspecified atom stereocenters. The molecule has 0 saturated heterocycles. The van der Waals surface area contributed by atoms with Gasteiger partial charge in [-0.2, -0.15) is 0 Å². The number of nitrogens with one attached hydrogen (secondary N) is 2. The fourth-order valence-corrected chi connectivity index (χ4v) is 2.53. The van der Waals surface area contributed by atoms with Crippen molar-refractivity contribution in [3.63, 3.8) is 0 Å². The van der Waals surface area contributed by atoms with Gasteiger partial charge in [0.25, 0.3) is 0 Å². The SMILES string of the molecule is O=C(NCC[C@H](O)c1cccs1)NCc1ccccc1. The first-order chi connectivity index (χ1) is 9.75. The van der Waals surface area contributed by atoms with Crippen LogP contribution in [0.15, 0.2) is 47.8 Å². The van der Waals surface area contributed by atoms with Crippen LogP contribution in [0.1, 0.15) is 23.0 Å². The maximum absolute atomic E-state index is 11.6. The van der Waals surface area contributed by atoms with Gasteiger partial charge in [0.05, 0.1) is 6.10 Å². The third-order valence-corrected chi connectivity index (χ3v) is 3.84. The molecule has 0 saturated carbocycles. The number of benzene rings is 1. The summed E-state index contributed by atoms with van der Waals surface area (Å²) in [7, 11) is 0. The second-order valence-corrected chi connectivity index (χ2v) is 5.39. The lowest BCUT2D eigenvalue weighted by atomic mass is 10.2. The molecule has 4 nitrogen and oxygen atoms in total. The Morgan fingerprint density at radius 1 is 1.15 bits per heavy atom. The summed E-state index contributed by atoms with van der Waals surface area (Å²) in [5.41, 5.74) is 1.06. The minimum atomic E-state index is -0.510. The predicted molar refractivity (Wildman–Crippen MR) is 80.6 cm³/mol. The Morgan fingerprint density at radius 2 is 1.95 bits per heavy atom. The predicted octanol–water partition coefficient (Wildman–Crippen LogP) is 2.67. The Kier molecular flexibility index (Phi) is 5.58. The van der Waals surface area contributed by atoms with Crippen molar-refractivity contribution >= 4 is 17.4 Å². The number of amides is 2. The average molecular weight is 290 g/mol. The number of hydrogen-bond donors (Lipinski definition) is 3. The molecule has 0 spiro atoms. The number of carbonyl (C=O) groups excluding carboxylic acids is 1. The molecule has 0 radical (unpaired) electrons. The van der Waals surface area contributed by atoms with Crippen LogP contribution >= 0.6 is 11.3 Å². The topological polar surface area (TPSA) is 61.4 Å². The average Bonchev–Trinajstić information content (AvgIpc) is 3.00. The smallest absolute Gasteiger partial charge is 0.315 e. The van der Waals surface area contributed by atoms with E-state index in [1.807, 2.05) is 47.8 Å². The molecule has 20 heavy (non-hydrogen) atoms. The molecule has 2 amide bonds. The molecule has 0 bridgehead atoms. The lowest BCUT2D eigenvalue weighted by Crippen LogP contribution is -2.35. The molecule has 1 atom stereocenters. The summed E-state index contributed by atoms with van der Waals surface area (Å²) in [4.78, 5) is 12.5. The van der Waals surface area contributed by atoms with Crippen LogP contribution in [0.5, 0.6) is 0 Å². The van der Waals surface area contributed by atoms with Gasteiger partial charge in [0.1, 0.15) is 0 Å². The fraction of sp³-hybridized carbons (Fsp3) is 0.267. The van der Waals surface area contributed by atoms with Gasteiger partial charge in [0, 0.05) is 18.0 Å². The fourth-order valence-electron chi connectivity index (χ4n) is 1.79. The molecule has 0 fully saturated rings. The largest absolute Gasteiger partial charge is 0.388 e. The molecule has 2 rings (SSSR count). The number of carbonyl (C=O) groups is 1. The zero-order chi connectivity index (χ0) is 14.2. The Hall–Kier alpha value is -1.85. The van der Waals surface area contributed by atoms with Gasteiger partial charge in [0.2, 0.25) is 0 Å². The second-order valence-electron chi connectivity index (χ2n) is 4.41. The molecule has 1 aromatic carbocycles. The van der Waals surface area contributed by atoms with Crippen molar-refractivity contribution in [3.05, 3.63) is 58.3 Å². The molecule has 0 aliphatic carbocycles. The van der Waals surface area contributed by atoms with Gasteiger partial charge in [-0.15, -0.1) is 11.3 Å². The van der Waals surface area contributed by atoms with E-state index < -0.39 is 6.10 Å². The maximum Gasteiger partial charge on any atom is 0.315 e. The lowest BCUT2D eigenvalue weighted by Gasteiger charge is -2.10. The number of aliphatic hydroxyl groups is 1. The van der Waals surface area contributed by atoms with E-state index in [-0.39, 0.29) is 6.03 Å². The third-order valence-electron chi connectivity index (χ3n) is 2.87. The van der Waals surface area contributed by atoms with E-state index in [9.17, 15) is 9.90 Å². The molecular formula is C15H18N2O2S. The van der Waals surface area contributed by atoms with E-state index in [1.165, 1.54) is 11.3 Å². The number of urea groups is 1. The van der Waals surface area contributed by atoms with Crippen molar-refractivity contribution in [2.24, 2.45) is 0 Å². The third kappa shape index (κ3) is 4.68. The van der Waals surface area contributed by atoms with Gasteiger partial charge in [-0.25, -0.2) is 4.79 Å². The zero-order valence-corrected chi connectivity index (χ0v) is 11.9. The molecular weight excluding hydrogens is 272 g/mol. The first-order valence-corrected chi connectivity index (χ1v) is 7.41. The molecule has 2 aromatic rings. The first kappa shape index (κ1) is 14.6. The summed E-state index contributed by atoms with van der Waals surface area (Å²) in [6.07, 6.45) is 0.00337. The first-order valence-electron chi connectivity index (χ1n) is 6.53. The minimum Gasteiger partial charge on any atom is -0.388 e. The van der Waals surface area contributed by atoms with Crippen LogP contribution in [-0.2, 0) is 6.54 Å². The Labute approximate surface area is 122 Å². The minimum absolute atomic E-state index is 0.216. The van der Waals surface area contributed by atoms with Gasteiger partial charge in [0.15, 0.2) is 0 Å². The standard InChI is InChI=1S/C15H18N2O2S/c18-13(14-7-4-10-20-14)8-9-16-15(19)17-11-12-5-2-1-3-6-12/h1-7,10,13,18H,8-9,11H2,(H2,16,17,19)/t13-/m0/s1. The molecule has 106 valence electrons. The summed E-state index contributed by atoms with van der Waals surface area (Å²) in [5.74, 6) is 0. The van der Waals surface area contributed by atoms with Gasteiger partial charge >= 0.3 is 6.03 Å². The second kappa shape index (κ2) is 7.67. The van der Waals surface area contributed by atoms with E-state index in [2.05, 4.69) is 10.6 Å². The molecule has 1 heterocycles. The highest BCUT2D eigenvalue weighted by molar-refractivity contribution is 7.10. The summed E-state index contributed by atoms with van der Waals surface area (Å²) in [5, 5.41) is 17.3. The van der Waals surface area contributed by atoms with Crippen molar-refractivity contribution < 1.29 is 9.90 Å². The monoisotopic (exact) mass is 290 g/mol. The van der Waals surface area contributed by atoms with E-state index >= 15 is 0 Å². The zero-order valence-electron chi connectivity index (χ0n) is 11.1. The van der Waals surface area contributed by atoms with Gasteiger partial charge < -0.3 is 15.7 Å². The number of thiophene rings is 1. The van der Waals surface area contributed by atoms with Crippen LogP contribution in [0.2, 0.25) is 0 Å². The van der Waals surface area contributed by atoms with Gasteiger partial charge in [-0.05, 0) is 23.4 Å². The summed E-state index contributed by atoms with van der Waals surface area (Å²) in [6, 6.07) is 13.3. The molecule has 1 aromatic heterocycles. The van der Waals surface area contributed by atoms with Crippen molar-refractivity contribution in [1.29, 1.82) is 0 Å². The summed E-state index contributed by atoms with van der Waals surface area (Å²) < 4.78 is 0. The molecule has 0 aliphatic rings. The maximum atomic E-state index is 11.6. The quantitative estimate of drug-likeness (QED) is 0.766. The van der Waals surface area contributed by atoms with Crippen molar-refractivity contribution in [2.45, 2.75) is 19.1 Å². The molecule has 3 N–H and O–H groups in total. The highest BCUT2D eigenvalue weighted by Gasteiger charge is 2.08.